The predicted octanol–water partition coefficient (Wildman–Crippen LogP) is 3.48. The highest BCUT2D eigenvalue weighted by Crippen LogP contribution is 2.46. The van der Waals surface area contributed by atoms with E-state index in [0.717, 1.165) is 37.3 Å². The van der Waals surface area contributed by atoms with Crippen LogP contribution in [0.3, 0.4) is 0 Å². The lowest BCUT2D eigenvalue weighted by molar-refractivity contribution is 0.391. The molecule has 0 spiro atoms. The smallest absolute Gasteiger partial charge is 0.144 e. The zero-order valence-corrected chi connectivity index (χ0v) is 13.4. The largest absolute Gasteiger partial charge is 0.496 e. The first-order valence-electron chi connectivity index (χ1n) is 5.63. The molecule has 0 fully saturated rings. The molecule has 0 N–H and O–H groups in total. The van der Waals surface area contributed by atoms with Gasteiger partial charge in [0.2, 0.25) is 0 Å². The second kappa shape index (κ2) is 5.73. The lowest BCUT2D eigenvalue weighted by Crippen LogP contribution is -1.97. The molecule has 2 aromatic rings. The number of halogens is 1. The van der Waals surface area contributed by atoms with Crippen LogP contribution >= 0.6 is 22.6 Å². The van der Waals surface area contributed by atoms with Crippen LogP contribution in [0.25, 0.3) is 10.8 Å². The molecule has 19 heavy (non-hydrogen) atoms. The van der Waals surface area contributed by atoms with Gasteiger partial charge in [-0.05, 0) is 40.8 Å². The number of benzene rings is 2. The van der Waals surface area contributed by atoms with Crippen molar-refractivity contribution < 1.29 is 18.9 Å². The standard InChI is InChI=1S/C14H15IO4/c1-16-9-5-6-10(17-2)13-12(9)11(18-3)7-8(15)14(13)19-4/h5-7H,1-4H3. The summed E-state index contributed by atoms with van der Waals surface area (Å²) in [5.74, 6) is 2.94. The Morgan fingerprint density at radius 1 is 0.737 bits per heavy atom. The van der Waals surface area contributed by atoms with Gasteiger partial charge in [0.25, 0.3) is 0 Å². The molecule has 0 saturated heterocycles. The van der Waals surface area contributed by atoms with Crippen LogP contribution in [0.2, 0.25) is 0 Å². The molecular weight excluding hydrogens is 359 g/mol. The van der Waals surface area contributed by atoms with Gasteiger partial charge in [0.05, 0.1) is 42.8 Å². The van der Waals surface area contributed by atoms with Crippen molar-refractivity contribution in [1.29, 1.82) is 0 Å². The SMILES string of the molecule is COc1ccc(OC)c2c(OC)c(I)cc(OC)c12. The molecule has 0 aliphatic carbocycles. The highest BCUT2D eigenvalue weighted by molar-refractivity contribution is 14.1. The third kappa shape index (κ3) is 2.27. The third-order valence-electron chi connectivity index (χ3n) is 2.94. The van der Waals surface area contributed by atoms with Crippen LogP contribution in [-0.2, 0) is 0 Å². The van der Waals surface area contributed by atoms with Gasteiger partial charge < -0.3 is 18.9 Å². The first-order valence-corrected chi connectivity index (χ1v) is 6.71. The summed E-state index contributed by atoms with van der Waals surface area (Å²) in [6, 6.07) is 5.64. The van der Waals surface area contributed by atoms with Crippen molar-refractivity contribution in [3.05, 3.63) is 21.8 Å². The van der Waals surface area contributed by atoms with Gasteiger partial charge in [-0.3, -0.25) is 0 Å². The van der Waals surface area contributed by atoms with E-state index in [-0.39, 0.29) is 0 Å². The molecule has 0 aromatic heterocycles. The normalized spacial score (nSPS) is 10.4. The minimum atomic E-state index is 0.724. The summed E-state index contributed by atoms with van der Waals surface area (Å²) >= 11 is 2.21. The van der Waals surface area contributed by atoms with Crippen molar-refractivity contribution in [2.45, 2.75) is 0 Å². The van der Waals surface area contributed by atoms with E-state index >= 15 is 0 Å². The molecule has 102 valence electrons. The number of hydrogen-bond donors (Lipinski definition) is 0. The van der Waals surface area contributed by atoms with Gasteiger partial charge in [-0.2, -0.15) is 0 Å². The van der Waals surface area contributed by atoms with Crippen LogP contribution in [0.15, 0.2) is 18.2 Å². The molecule has 2 rings (SSSR count). The van der Waals surface area contributed by atoms with Crippen molar-refractivity contribution >= 4 is 33.4 Å². The summed E-state index contributed by atoms with van der Waals surface area (Å²) in [6.07, 6.45) is 0. The van der Waals surface area contributed by atoms with Crippen molar-refractivity contribution in [1.82, 2.24) is 0 Å². The first-order chi connectivity index (χ1) is 9.17. The van der Waals surface area contributed by atoms with E-state index < -0.39 is 0 Å². The van der Waals surface area contributed by atoms with Crippen LogP contribution in [0.4, 0.5) is 0 Å². The average molecular weight is 374 g/mol. The Morgan fingerprint density at radius 3 is 1.74 bits per heavy atom. The fraction of sp³-hybridized carbons (Fsp3) is 0.286. The third-order valence-corrected chi connectivity index (χ3v) is 3.74. The monoisotopic (exact) mass is 374 g/mol. The lowest BCUT2D eigenvalue weighted by atomic mass is 10.1. The van der Waals surface area contributed by atoms with E-state index in [1.54, 1.807) is 28.4 Å². The minimum Gasteiger partial charge on any atom is -0.496 e. The Hall–Kier alpha value is -1.37. The summed E-state index contributed by atoms with van der Waals surface area (Å²) in [5.41, 5.74) is 0. The Balaban J connectivity index is 3.00. The van der Waals surface area contributed by atoms with E-state index in [4.69, 9.17) is 18.9 Å². The molecule has 0 saturated carbocycles. The zero-order chi connectivity index (χ0) is 14.0. The Labute approximate surface area is 125 Å². The first kappa shape index (κ1) is 14.0. The lowest BCUT2D eigenvalue weighted by Gasteiger charge is -2.17. The molecule has 5 heteroatoms. The van der Waals surface area contributed by atoms with Crippen molar-refractivity contribution in [2.24, 2.45) is 0 Å². The fourth-order valence-electron chi connectivity index (χ4n) is 2.11. The molecule has 2 aromatic carbocycles. The van der Waals surface area contributed by atoms with Crippen molar-refractivity contribution in [3.8, 4) is 23.0 Å². The van der Waals surface area contributed by atoms with Gasteiger partial charge in [-0.1, -0.05) is 0 Å². The minimum absolute atomic E-state index is 0.724. The van der Waals surface area contributed by atoms with E-state index in [9.17, 15) is 0 Å². The number of fused-ring (bicyclic) bond motifs is 1. The molecular formula is C14H15IO4. The van der Waals surface area contributed by atoms with E-state index in [1.807, 2.05) is 18.2 Å². The molecule has 0 heterocycles. The Morgan fingerprint density at radius 2 is 1.26 bits per heavy atom. The average Bonchev–Trinajstić information content (AvgIpc) is 2.45. The molecule has 0 bridgehead atoms. The van der Waals surface area contributed by atoms with Gasteiger partial charge in [0, 0.05) is 0 Å². The van der Waals surface area contributed by atoms with Gasteiger partial charge >= 0.3 is 0 Å². The fourth-order valence-corrected chi connectivity index (χ4v) is 2.88. The van der Waals surface area contributed by atoms with E-state index in [1.165, 1.54) is 0 Å². The number of ether oxygens (including phenoxy) is 4. The van der Waals surface area contributed by atoms with Crippen molar-refractivity contribution in [2.75, 3.05) is 28.4 Å². The van der Waals surface area contributed by atoms with Crippen LogP contribution in [0.1, 0.15) is 0 Å². The highest BCUT2D eigenvalue weighted by Gasteiger charge is 2.19. The highest BCUT2D eigenvalue weighted by atomic mass is 127. The van der Waals surface area contributed by atoms with E-state index in [2.05, 4.69) is 22.6 Å². The molecule has 0 aliphatic rings. The van der Waals surface area contributed by atoms with Crippen molar-refractivity contribution in [3.63, 3.8) is 0 Å². The summed E-state index contributed by atoms with van der Waals surface area (Å²) in [6.45, 7) is 0. The summed E-state index contributed by atoms with van der Waals surface area (Å²) < 4.78 is 22.8. The number of rotatable bonds is 4. The van der Waals surface area contributed by atoms with Gasteiger partial charge in [0.1, 0.15) is 23.0 Å². The zero-order valence-electron chi connectivity index (χ0n) is 11.2. The Bertz CT molecular complexity index is 610. The molecule has 0 atom stereocenters. The van der Waals surface area contributed by atoms with E-state index in [0.29, 0.717) is 0 Å². The van der Waals surface area contributed by atoms with Gasteiger partial charge in [-0.15, -0.1) is 0 Å². The van der Waals surface area contributed by atoms with Crippen LogP contribution in [-0.4, -0.2) is 28.4 Å². The predicted molar refractivity (Wildman–Crippen MR) is 82.9 cm³/mol. The second-order valence-corrected chi connectivity index (χ2v) is 4.98. The maximum Gasteiger partial charge on any atom is 0.144 e. The van der Waals surface area contributed by atoms with Gasteiger partial charge in [0.15, 0.2) is 0 Å². The molecule has 0 amide bonds. The maximum atomic E-state index is 5.50. The molecule has 0 unspecified atom stereocenters. The summed E-state index contributed by atoms with van der Waals surface area (Å²) in [4.78, 5) is 0. The Kier molecular flexibility index (Phi) is 4.24. The van der Waals surface area contributed by atoms with Crippen LogP contribution in [0.5, 0.6) is 23.0 Å². The topological polar surface area (TPSA) is 36.9 Å². The molecule has 4 nitrogen and oxygen atoms in total. The number of hydrogen-bond acceptors (Lipinski definition) is 4. The summed E-state index contributed by atoms with van der Waals surface area (Å²) in [7, 11) is 6.54. The van der Waals surface area contributed by atoms with Gasteiger partial charge in [-0.25, -0.2) is 0 Å². The number of methoxy groups -OCH3 is 4. The quantitative estimate of drug-likeness (QED) is 0.768. The maximum absolute atomic E-state index is 5.50. The van der Waals surface area contributed by atoms with Crippen LogP contribution in [0, 0.1) is 3.57 Å². The van der Waals surface area contributed by atoms with Crippen LogP contribution < -0.4 is 18.9 Å². The second-order valence-electron chi connectivity index (χ2n) is 3.81. The molecule has 0 radical (unpaired) electrons. The summed E-state index contributed by atoms with van der Waals surface area (Å²) in [5, 5.41) is 1.70. The molecule has 0 aliphatic heterocycles.